The summed E-state index contributed by atoms with van der Waals surface area (Å²) in [7, 11) is 3.49. The highest BCUT2D eigenvalue weighted by atomic mass is 127. The van der Waals surface area contributed by atoms with Gasteiger partial charge in [0.2, 0.25) is 0 Å². The van der Waals surface area contributed by atoms with Crippen molar-refractivity contribution in [2.24, 2.45) is 10.9 Å². The zero-order chi connectivity index (χ0) is 13.9. The summed E-state index contributed by atoms with van der Waals surface area (Å²) in [5.74, 6) is 1.76. The zero-order valence-corrected chi connectivity index (χ0v) is 15.3. The van der Waals surface area contributed by atoms with Crippen molar-refractivity contribution >= 4 is 29.9 Å². The van der Waals surface area contributed by atoms with E-state index >= 15 is 0 Å². The summed E-state index contributed by atoms with van der Waals surface area (Å²) < 4.78 is 10.3. The fourth-order valence-corrected chi connectivity index (χ4v) is 2.28. The number of hydrogen-bond acceptors (Lipinski definition) is 3. The first-order valence-corrected chi connectivity index (χ1v) is 7.30. The summed E-state index contributed by atoms with van der Waals surface area (Å²) in [5, 5.41) is 6.76. The molecule has 0 bridgehead atoms. The van der Waals surface area contributed by atoms with E-state index in [9.17, 15) is 0 Å². The Morgan fingerprint density at radius 2 is 1.85 bits per heavy atom. The van der Waals surface area contributed by atoms with Crippen molar-refractivity contribution in [3.05, 3.63) is 0 Å². The number of nitrogens with zero attached hydrogens (tertiary/aromatic N) is 1. The van der Waals surface area contributed by atoms with Gasteiger partial charge in [0.05, 0.1) is 19.8 Å². The lowest BCUT2D eigenvalue weighted by atomic mass is 9.87. The van der Waals surface area contributed by atoms with Gasteiger partial charge < -0.3 is 20.1 Å². The van der Waals surface area contributed by atoms with Crippen LogP contribution in [0.15, 0.2) is 4.99 Å². The Balaban J connectivity index is 0.00000361. The van der Waals surface area contributed by atoms with Gasteiger partial charge >= 0.3 is 0 Å². The molecular formula is C14H30IN3O2. The number of halogens is 1. The molecule has 20 heavy (non-hydrogen) atoms. The van der Waals surface area contributed by atoms with Gasteiger partial charge in [-0.2, -0.15) is 0 Å². The summed E-state index contributed by atoms with van der Waals surface area (Å²) in [6, 6.07) is 0.566. The van der Waals surface area contributed by atoms with Crippen LogP contribution < -0.4 is 10.6 Å². The molecule has 5 nitrogen and oxygen atoms in total. The first kappa shape index (κ1) is 19.9. The summed E-state index contributed by atoms with van der Waals surface area (Å²) in [4.78, 5) is 4.25. The van der Waals surface area contributed by atoms with Crippen LogP contribution in [-0.4, -0.2) is 52.5 Å². The average molecular weight is 399 g/mol. The SMILES string of the molecule is CN=C(NCCOCCOC)NC1CCC(C)CC1.I. The number of methoxy groups -OCH3 is 1. The van der Waals surface area contributed by atoms with E-state index in [1.54, 1.807) is 7.11 Å². The minimum Gasteiger partial charge on any atom is -0.382 e. The van der Waals surface area contributed by atoms with Crippen LogP contribution in [0.4, 0.5) is 0 Å². The lowest BCUT2D eigenvalue weighted by Crippen LogP contribution is -2.45. The van der Waals surface area contributed by atoms with Crippen LogP contribution in [0.1, 0.15) is 32.6 Å². The van der Waals surface area contributed by atoms with Gasteiger partial charge in [-0.1, -0.05) is 6.92 Å². The van der Waals surface area contributed by atoms with Crippen molar-refractivity contribution in [2.75, 3.05) is 40.5 Å². The third kappa shape index (κ3) is 8.97. The molecule has 0 amide bonds. The minimum absolute atomic E-state index is 0. The lowest BCUT2D eigenvalue weighted by Gasteiger charge is -2.28. The van der Waals surface area contributed by atoms with Gasteiger partial charge in [0.15, 0.2) is 5.96 Å². The molecule has 1 aliphatic carbocycles. The molecule has 0 aromatic heterocycles. The van der Waals surface area contributed by atoms with Gasteiger partial charge in [-0.25, -0.2) is 0 Å². The van der Waals surface area contributed by atoms with Crippen molar-refractivity contribution in [2.45, 2.75) is 38.6 Å². The predicted molar refractivity (Wildman–Crippen MR) is 94.0 cm³/mol. The van der Waals surface area contributed by atoms with Gasteiger partial charge in [0.1, 0.15) is 0 Å². The van der Waals surface area contributed by atoms with E-state index in [4.69, 9.17) is 9.47 Å². The maximum Gasteiger partial charge on any atom is 0.191 e. The van der Waals surface area contributed by atoms with E-state index in [2.05, 4.69) is 22.5 Å². The van der Waals surface area contributed by atoms with Crippen molar-refractivity contribution in [1.29, 1.82) is 0 Å². The van der Waals surface area contributed by atoms with Gasteiger partial charge in [-0.3, -0.25) is 4.99 Å². The van der Waals surface area contributed by atoms with Crippen LogP contribution in [0.3, 0.4) is 0 Å². The second-order valence-corrected chi connectivity index (χ2v) is 5.21. The summed E-state index contributed by atoms with van der Waals surface area (Å²) >= 11 is 0. The fraction of sp³-hybridized carbons (Fsp3) is 0.929. The molecule has 1 fully saturated rings. The fourth-order valence-electron chi connectivity index (χ4n) is 2.28. The maximum absolute atomic E-state index is 5.40. The second kappa shape index (κ2) is 12.6. The number of hydrogen-bond donors (Lipinski definition) is 2. The van der Waals surface area contributed by atoms with Crippen molar-refractivity contribution < 1.29 is 9.47 Å². The van der Waals surface area contributed by atoms with E-state index in [1.165, 1.54) is 25.7 Å². The maximum atomic E-state index is 5.40. The molecule has 6 heteroatoms. The monoisotopic (exact) mass is 399 g/mol. The smallest absolute Gasteiger partial charge is 0.191 e. The van der Waals surface area contributed by atoms with E-state index in [0.29, 0.717) is 25.9 Å². The molecule has 1 saturated carbocycles. The molecule has 0 aromatic rings. The molecule has 0 radical (unpaired) electrons. The third-order valence-corrected chi connectivity index (χ3v) is 3.55. The van der Waals surface area contributed by atoms with E-state index in [0.717, 1.165) is 18.4 Å². The van der Waals surface area contributed by atoms with Gasteiger partial charge in [0.25, 0.3) is 0 Å². The topological polar surface area (TPSA) is 54.9 Å². The van der Waals surface area contributed by atoms with Crippen LogP contribution in [0, 0.1) is 5.92 Å². The first-order valence-electron chi connectivity index (χ1n) is 7.30. The van der Waals surface area contributed by atoms with Crippen LogP contribution in [-0.2, 0) is 9.47 Å². The van der Waals surface area contributed by atoms with Crippen molar-refractivity contribution in [3.8, 4) is 0 Å². The van der Waals surface area contributed by atoms with Gasteiger partial charge in [-0.05, 0) is 31.6 Å². The Hall–Kier alpha value is -0.0800. The zero-order valence-electron chi connectivity index (χ0n) is 13.0. The van der Waals surface area contributed by atoms with Crippen LogP contribution in [0.25, 0.3) is 0 Å². The molecule has 120 valence electrons. The minimum atomic E-state index is 0. The summed E-state index contributed by atoms with van der Waals surface area (Å²) in [6.45, 7) is 5.07. The van der Waals surface area contributed by atoms with E-state index < -0.39 is 0 Å². The molecule has 0 unspecified atom stereocenters. The summed E-state index contributed by atoms with van der Waals surface area (Å²) in [5.41, 5.74) is 0. The Kier molecular flexibility index (Phi) is 12.6. The quantitative estimate of drug-likeness (QED) is 0.298. The van der Waals surface area contributed by atoms with E-state index in [1.807, 2.05) is 7.05 Å². The Morgan fingerprint density at radius 1 is 1.15 bits per heavy atom. The molecule has 0 spiro atoms. The van der Waals surface area contributed by atoms with Crippen LogP contribution in [0.5, 0.6) is 0 Å². The van der Waals surface area contributed by atoms with Gasteiger partial charge in [0, 0.05) is 26.7 Å². The number of guanidine groups is 1. The Labute approximate surface area is 140 Å². The highest BCUT2D eigenvalue weighted by Gasteiger charge is 2.18. The Morgan fingerprint density at radius 3 is 2.45 bits per heavy atom. The normalized spacial score (nSPS) is 23.1. The third-order valence-electron chi connectivity index (χ3n) is 3.55. The van der Waals surface area contributed by atoms with Gasteiger partial charge in [-0.15, -0.1) is 24.0 Å². The molecular weight excluding hydrogens is 369 g/mol. The standard InChI is InChI=1S/C14H29N3O2.HI/c1-12-4-6-13(7-5-12)17-14(15-2)16-8-9-19-11-10-18-3;/h12-13H,4-11H2,1-3H3,(H2,15,16,17);1H. The molecule has 0 aliphatic heterocycles. The number of aliphatic imine (C=N–C) groups is 1. The molecule has 2 N–H and O–H groups in total. The van der Waals surface area contributed by atoms with Crippen molar-refractivity contribution in [3.63, 3.8) is 0 Å². The molecule has 1 aliphatic rings. The highest BCUT2D eigenvalue weighted by Crippen LogP contribution is 2.23. The molecule has 1 rings (SSSR count). The van der Waals surface area contributed by atoms with Crippen molar-refractivity contribution in [1.82, 2.24) is 10.6 Å². The average Bonchev–Trinajstić information content (AvgIpc) is 2.43. The number of rotatable bonds is 7. The first-order chi connectivity index (χ1) is 9.26. The summed E-state index contributed by atoms with van der Waals surface area (Å²) in [6.07, 6.45) is 5.11. The number of ether oxygens (including phenoxy) is 2. The second-order valence-electron chi connectivity index (χ2n) is 5.21. The Bertz CT molecular complexity index is 257. The highest BCUT2D eigenvalue weighted by molar-refractivity contribution is 14.0. The number of nitrogens with one attached hydrogen (secondary N) is 2. The molecule has 0 atom stereocenters. The lowest BCUT2D eigenvalue weighted by molar-refractivity contribution is 0.0733. The largest absolute Gasteiger partial charge is 0.382 e. The van der Waals surface area contributed by atoms with E-state index in [-0.39, 0.29) is 24.0 Å². The van der Waals surface area contributed by atoms with Crippen LogP contribution >= 0.6 is 24.0 Å². The molecule has 0 heterocycles. The predicted octanol–water partition coefficient (Wildman–Crippen LogP) is 2.01. The molecule has 0 saturated heterocycles. The molecule has 0 aromatic carbocycles. The van der Waals surface area contributed by atoms with Crippen LogP contribution in [0.2, 0.25) is 0 Å².